The van der Waals surface area contributed by atoms with E-state index in [2.05, 4.69) is 10.6 Å². The third-order valence-corrected chi connectivity index (χ3v) is 3.93. The van der Waals surface area contributed by atoms with Gasteiger partial charge in [-0.3, -0.25) is 4.79 Å². The van der Waals surface area contributed by atoms with Crippen molar-refractivity contribution in [3.05, 3.63) is 29.6 Å². The molecular weight excluding hydrogens is 275 g/mol. The quantitative estimate of drug-likeness (QED) is 0.799. The van der Waals surface area contributed by atoms with Crippen molar-refractivity contribution in [2.24, 2.45) is 11.8 Å². The van der Waals surface area contributed by atoms with E-state index < -0.39 is 12.0 Å². The van der Waals surface area contributed by atoms with Crippen molar-refractivity contribution < 1.29 is 19.1 Å². The standard InChI is InChI=1S/C15H19FN2O3/c1-9-5-6-11(7-13(9)16)18-15(21)17-8-10-3-2-4-12(10)14(19)20/h5-7,10,12H,2-4,8H2,1H3,(H,19,20)(H2,17,18,21). The van der Waals surface area contributed by atoms with Gasteiger partial charge in [0, 0.05) is 12.2 Å². The van der Waals surface area contributed by atoms with Crippen LogP contribution in [0, 0.1) is 24.6 Å². The zero-order valence-corrected chi connectivity index (χ0v) is 11.9. The fourth-order valence-electron chi connectivity index (χ4n) is 2.68. The van der Waals surface area contributed by atoms with Crippen LogP contribution in [0.4, 0.5) is 14.9 Å². The van der Waals surface area contributed by atoms with Gasteiger partial charge in [-0.05, 0) is 43.4 Å². The normalized spacial score (nSPS) is 21.0. The molecular formula is C15H19FN2O3. The summed E-state index contributed by atoms with van der Waals surface area (Å²) in [6.45, 7) is 1.96. The average Bonchev–Trinajstić information content (AvgIpc) is 2.89. The molecule has 1 fully saturated rings. The molecule has 0 aliphatic heterocycles. The van der Waals surface area contributed by atoms with E-state index in [0.717, 1.165) is 12.8 Å². The summed E-state index contributed by atoms with van der Waals surface area (Å²) in [5.41, 5.74) is 0.882. The Bertz CT molecular complexity index is 548. The molecule has 1 saturated carbocycles. The molecule has 0 spiro atoms. The van der Waals surface area contributed by atoms with E-state index in [9.17, 15) is 14.0 Å². The van der Waals surface area contributed by atoms with Crippen molar-refractivity contribution in [3.63, 3.8) is 0 Å². The van der Waals surface area contributed by atoms with E-state index in [4.69, 9.17) is 5.11 Å². The van der Waals surface area contributed by atoms with E-state index >= 15 is 0 Å². The molecule has 0 aromatic heterocycles. The number of carbonyl (C=O) groups is 2. The highest BCUT2D eigenvalue weighted by Gasteiger charge is 2.32. The molecule has 0 heterocycles. The van der Waals surface area contributed by atoms with Crippen LogP contribution in [-0.2, 0) is 4.79 Å². The Morgan fingerprint density at radius 2 is 2.14 bits per heavy atom. The summed E-state index contributed by atoms with van der Waals surface area (Å²) < 4.78 is 13.4. The first-order valence-corrected chi connectivity index (χ1v) is 7.01. The minimum Gasteiger partial charge on any atom is -0.481 e. The van der Waals surface area contributed by atoms with Crippen molar-refractivity contribution in [2.75, 3.05) is 11.9 Å². The van der Waals surface area contributed by atoms with E-state index in [1.165, 1.54) is 6.07 Å². The molecule has 2 amide bonds. The monoisotopic (exact) mass is 294 g/mol. The van der Waals surface area contributed by atoms with Crippen molar-refractivity contribution in [2.45, 2.75) is 26.2 Å². The number of carboxylic acids is 1. The number of hydrogen-bond acceptors (Lipinski definition) is 2. The summed E-state index contributed by atoms with van der Waals surface area (Å²) in [4.78, 5) is 22.8. The number of halogens is 1. The lowest BCUT2D eigenvalue weighted by molar-refractivity contribution is -0.142. The lowest BCUT2D eigenvalue weighted by Crippen LogP contribution is -2.35. The van der Waals surface area contributed by atoms with Crippen LogP contribution < -0.4 is 10.6 Å². The van der Waals surface area contributed by atoms with Crippen LogP contribution in [0.2, 0.25) is 0 Å². The summed E-state index contributed by atoms with van der Waals surface area (Å²) in [6.07, 6.45) is 2.33. The first kappa shape index (κ1) is 15.3. The highest BCUT2D eigenvalue weighted by atomic mass is 19.1. The van der Waals surface area contributed by atoms with Gasteiger partial charge < -0.3 is 15.7 Å². The molecule has 21 heavy (non-hydrogen) atoms. The number of hydrogen-bond donors (Lipinski definition) is 3. The topological polar surface area (TPSA) is 78.4 Å². The maximum absolute atomic E-state index is 13.4. The van der Waals surface area contributed by atoms with Gasteiger partial charge in [0.25, 0.3) is 0 Å². The number of anilines is 1. The molecule has 5 nitrogen and oxygen atoms in total. The van der Waals surface area contributed by atoms with Crippen molar-refractivity contribution >= 4 is 17.7 Å². The van der Waals surface area contributed by atoms with E-state index in [-0.39, 0.29) is 17.7 Å². The molecule has 2 unspecified atom stereocenters. The molecule has 1 aromatic carbocycles. The summed E-state index contributed by atoms with van der Waals surface area (Å²) in [5.74, 6) is -1.61. The van der Waals surface area contributed by atoms with Gasteiger partial charge in [0.05, 0.1) is 5.92 Å². The van der Waals surface area contributed by atoms with Crippen LogP contribution in [-0.4, -0.2) is 23.7 Å². The van der Waals surface area contributed by atoms with Crippen molar-refractivity contribution in [1.82, 2.24) is 5.32 Å². The zero-order chi connectivity index (χ0) is 15.4. The fraction of sp³-hybridized carbons (Fsp3) is 0.467. The Morgan fingerprint density at radius 1 is 1.38 bits per heavy atom. The third-order valence-electron chi connectivity index (χ3n) is 3.93. The number of carbonyl (C=O) groups excluding carboxylic acids is 1. The maximum Gasteiger partial charge on any atom is 0.319 e. The Kier molecular flexibility index (Phi) is 4.77. The summed E-state index contributed by atoms with van der Waals surface area (Å²) >= 11 is 0. The van der Waals surface area contributed by atoms with Crippen LogP contribution >= 0.6 is 0 Å². The second kappa shape index (κ2) is 6.56. The highest BCUT2D eigenvalue weighted by molar-refractivity contribution is 5.89. The van der Waals surface area contributed by atoms with E-state index in [0.29, 0.717) is 24.2 Å². The largest absolute Gasteiger partial charge is 0.481 e. The minimum absolute atomic E-state index is 0.0389. The van der Waals surface area contributed by atoms with Crippen LogP contribution in [0.25, 0.3) is 0 Å². The number of aryl methyl sites for hydroxylation is 1. The van der Waals surface area contributed by atoms with Gasteiger partial charge >= 0.3 is 12.0 Å². The van der Waals surface area contributed by atoms with Gasteiger partial charge in [-0.15, -0.1) is 0 Å². The molecule has 6 heteroatoms. The van der Waals surface area contributed by atoms with Gasteiger partial charge in [-0.2, -0.15) is 0 Å². The molecule has 1 aromatic rings. The second-order valence-electron chi connectivity index (χ2n) is 5.43. The fourth-order valence-corrected chi connectivity index (χ4v) is 2.68. The Morgan fingerprint density at radius 3 is 2.81 bits per heavy atom. The van der Waals surface area contributed by atoms with Crippen LogP contribution in [0.15, 0.2) is 18.2 Å². The molecule has 2 atom stereocenters. The predicted octanol–water partition coefficient (Wildman–Crippen LogP) is 2.76. The smallest absolute Gasteiger partial charge is 0.319 e. The van der Waals surface area contributed by atoms with E-state index in [1.54, 1.807) is 19.1 Å². The molecule has 0 bridgehead atoms. The zero-order valence-electron chi connectivity index (χ0n) is 11.9. The second-order valence-corrected chi connectivity index (χ2v) is 5.43. The molecule has 114 valence electrons. The van der Waals surface area contributed by atoms with E-state index in [1.807, 2.05) is 0 Å². The van der Waals surface area contributed by atoms with Crippen molar-refractivity contribution in [3.8, 4) is 0 Å². The number of carboxylic acid groups (broad SMARTS) is 1. The average molecular weight is 294 g/mol. The van der Waals surface area contributed by atoms with Gasteiger partial charge in [-0.25, -0.2) is 9.18 Å². The Hall–Kier alpha value is -2.11. The molecule has 0 saturated heterocycles. The maximum atomic E-state index is 13.4. The predicted molar refractivity (Wildman–Crippen MR) is 76.6 cm³/mol. The first-order valence-electron chi connectivity index (χ1n) is 7.01. The molecule has 1 aliphatic rings. The third kappa shape index (κ3) is 3.93. The number of aliphatic carboxylic acids is 1. The van der Waals surface area contributed by atoms with Gasteiger partial charge in [0.2, 0.25) is 0 Å². The van der Waals surface area contributed by atoms with Gasteiger partial charge in [0.15, 0.2) is 0 Å². The Labute approximate surface area is 122 Å². The van der Waals surface area contributed by atoms with Crippen LogP contribution in [0.3, 0.4) is 0 Å². The number of amides is 2. The number of urea groups is 1. The molecule has 1 aliphatic carbocycles. The lowest BCUT2D eigenvalue weighted by atomic mass is 9.96. The number of benzene rings is 1. The minimum atomic E-state index is -0.805. The number of rotatable bonds is 4. The summed E-state index contributed by atoms with van der Waals surface area (Å²) in [6, 6.07) is 4.01. The summed E-state index contributed by atoms with van der Waals surface area (Å²) in [7, 11) is 0. The van der Waals surface area contributed by atoms with Gasteiger partial charge in [0.1, 0.15) is 5.82 Å². The Balaban J connectivity index is 1.84. The molecule has 3 N–H and O–H groups in total. The lowest BCUT2D eigenvalue weighted by Gasteiger charge is -2.16. The molecule has 0 radical (unpaired) electrons. The van der Waals surface area contributed by atoms with Gasteiger partial charge in [-0.1, -0.05) is 12.5 Å². The SMILES string of the molecule is Cc1ccc(NC(=O)NCC2CCCC2C(=O)O)cc1F. The highest BCUT2D eigenvalue weighted by Crippen LogP contribution is 2.31. The van der Waals surface area contributed by atoms with Crippen LogP contribution in [0.1, 0.15) is 24.8 Å². The van der Waals surface area contributed by atoms with Crippen LogP contribution in [0.5, 0.6) is 0 Å². The van der Waals surface area contributed by atoms with Crippen molar-refractivity contribution in [1.29, 1.82) is 0 Å². The number of nitrogens with one attached hydrogen (secondary N) is 2. The first-order chi connectivity index (χ1) is 9.97. The summed E-state index contributed by atoms with van der Waals surface area (Å²) in [5, 5.41) is 14.3. The molecule has 2 rings (SSSR count).